The van der Waals surface area contributed by atoms with Crippen LogP contribution in [0.4, 0.5) is 0 Å². The molecule has 0 aromatic heterocycles. The molecule has 0 aliphatic rings. The Morgan fingerprint density at radius 3 is 2.56 bits per heavy atom. The van der Waals surface area contributed by atoms with Gasteiger partial charge in [-0.25, -0.2) is 0 Å². The van der Waals surface area contributed by atoms with Crippen molar-refractivity contribution in [3.8, 4) is 0 Å². The highest BCUT2D eigenvalue weighted by molar-refractivity contribution is 6.36. The van der Waals surface area contributed by atoms with Gasteiger partial charge in [-0.1, -0.05) is 29.3 Å². The number of benzene rings is 1. The number of carbonyl (C=O) groups is 2. The minimum absolute atomic E-state index is 0.129. The quantitative estimate of drug-likeness (QED) is 0.847. The summed E-state index contributed by atoms with van der Waals surface area (Å²) in [6.07, 6.45) is 1.45. The predicted octanol–water partition coefficient (Wildman–Crippen LogP) is 2.71. The summed E-state index contributed by atoms with van der Waals surface area (Å²) in [5.74, 6) is -1.57. The summed E-state index contributed by atoms with van der Waals surface area (Å²) in [6, 6.07) is 4.42. The third kappa shape index (κ3) is 3.75. The molecule has 0 bridgehead atoms. The smallest absolute Gasteiger partial charge is 0.323 e. The van der Waals surface area contributed by atoms with Crippen LogP contribution in [0, 0.1) is 0 Å². The van der Waals surface area contributed by atoms with Crippen LogP contribution in [-0.2, 0) is 4.79 Å². The topological polar surface area (TPSA) is 57.6 Å². The van der Waals surface area contributed by atoms with E-state index in [1.54, 1.807) is 0 Å². The van der Waals surface area contributed by atoms with Crippen molar-refractivity contribution in [3.63, 3.8) is 0 Å². The van der Waals surface area contributed by atoms with E-state index in [1.165, 1.54) is 24.3 Å². The minimum Gasteiger partial charge on any atom is -0.480 e. The molecule has 96 valence electrons. The van der Waals surface area contributed by atoms with Crippen LogP contribution < -0.4 is 0 Å². The summed E-state index contributed by atoms with van der Waals surface area (Å²) in [7, 11) is 0. The molecule has 0 spiro atoms. The van der Waals surface area contributed by atoms with E-state index in [-0.39, 0.29) is 17.1 Å². The number of nitrogens with zero attached hydrogens (tertiary/aromatic N) is 1. The second-order valence-electron chi connectivity index (χ2n) is 3.49. The van der Waals surface area contributed by atoms with Crippen molar-refractivity contribution in [2.75, 3.05) is 13.1 Å². The molecule has 1 aromatic rings. The lowest BCUT2D eigenvalue weighted by Crippen LogP contribution is -2.35. The maximum Gasteiger partial charge on any atom is 0.323 e. The third-order valence-electron chi connectivity index (χ3n) is 2.12. The van der Waals surface area contributed by atoms with Crippen molar-refractivity contribution in [1.29, 1.82) is 0 Å². The van der Waals surface area contributed by atoms with E-state index in [4.69, 9.17) is 28.3 Å². The summed E-state index contributed by atoms with van der Waals surface area (Å²) >= 11 is 11.6. The first-order valence-corrected chi connectivity index (χ1v) is 5.78. The van der Waals surface area contributed by atoms with Crippen molar-refractivity contribution in [3.05, 3.63) is 46.5 Å². The van der Waals surface area contributed by atoms with Gasteiger partial charge in [-0.05, 0) is 18.2 Å². The summed E-state index contributed by atoms with van der Waals surface area (Å²) < 4.78 is 0. The largest absolute Gasteiger partial charge is 0.480 e. The zero-order valence-corrected chi connectivity index (χ0v) is 10.9. The Hall–Kier alpha value is -1.52. The molecule has 0 aliphatic carbocycles. The van der Waals surface area contributed by atoms with Gasteiger partial charge >= 0.3 is 5.97 Å². The molecule has 0 fully saturated rings. The third-order valence-corrected chi connectivity index (χ3v) is 2.67. The standard InChI is InChI=1S/C12H11Cl2NO3/c1-2-5-15(7-11(16)17)12(18)9-4-3-8(13)6-10(9)14/h2-4,6H,1,5,7H2,(H,16,17). The summed E-state index contributed by atoms with van der Waals surface area (Å²) in [5, 5.41) is 9.33. The molecule has 0 radical (unpaired) electrons. The highest BCUT2D eigenvalue weighted by Crippen LogP contribution is 2.22. The van der Waals surface area contributed by atoms with Gasteiger partial charge in [0.1, 0.15) is 6.54 Å². The van der Waals surface area contributed by atoms with Crippen LogP contribution in [0.15, 0.2) is 30.9 Å². The molecule has 6 heteroatoms. The zero-order chi connectivity index (χ0) is 13.7. The summed E-state index contributed by atoms with van der Waals surface area (Å²) in [6.45, 7) is 3.20. The van der Waals surface area contributed by atoms with E-state index in [0.29, 0.717) is 5.02 Å². The maximum atomic E-state index is 12.1. The van der Waals surface area contributed by atoms with E-state index in [0.717, 1.165) is 4.90 Å². The Morgan fingerprint density at radius 2 is 2.06 bits per heavy atom. The molecule has 18 heavy (non-hydrogen) atoms. The summed E-state index contributed by atoms with van der Waals surface area (Å²) in [5.41, 5.74) is 0.212. The molecule has 0 saturated heterocycles. The van der Waals surface area contributed by atoms with Crippen LogP contribution in [-0.4, -0.2) is 35.0 Å². The number of amides is 1. The first-order valence-electron chi connectivity index (χ1n) is 5.02. The lowest BCUT2D eigenvalue weighted by Gasteiger charge is -2.19. The molecule has 0 atom stereocenters. The number of rotatable bonds is 5. The molecule has 1 aromatic carbocycles. The molecule has 1 amide bonds. The Bertz CT molecular complexity index is 488. The molecule has 0 unspecified atom stereocenters. The van der Waals surface area contributed by atoms with E-state index in [9.17, 15) is 9.59 Å². The summed E-state index contributed by atoms with van der Waals surface area (Å²) in [4.78, 5) is 23.9. The number of halogens is 2. The molecule has 0 aliphatic heterocycles. The van der Waals surface area contributed by atoms with Gasteiger partial charge in [-0.2, -0.15) is 0 Å². The van der Waals surface area contributed by atoms with Crippen LogP contribution >= 0.6 is 23.2 Å². The molecular weight excluding hydrogens is 277 g/mol. The lowest BCUT2D eigenvalue weighted by molar-refractivity contribution is -0.137. The number of carboxylic acids is 1. The van der Waals surface area contributed by atoms with Gasteiger partial charge in [0.15, 0.2) is 0 Å². The van der Waals surface area contributed by atoms with Gasteiger partial charge in [-0.15, -0.1) is 6.58 Å². The highest BCUT2D eigenvalue weighted by Gasteiger charge is 2.19. The fourth-order valence-electron chi connectivity index (χ4n) is 1.37. The van der Waals surface area contributed by atoms with Gasteiger partial charge in [0, 0.05) is 11.6 Å². The van der Waals surface area contributed by atoms with Crippen LogP contribution in [0.2, 0.25) is 10.0 Å². The number of aliphatic carboxylic acids is 1. The Kier molecular flexibility index (Phi) is 5.19. The van der Waals surface area contributed by atoms with E-state index >= 15 is 0 Å². The monoisotopic (exact) mass is 287 g/mol. The van der Waals surface area contributed by atoms with Gasteiger partial charge < -0.3 is 10.0 Å². The van der Waals surface area contributed by atoms with Gasteiger partial charge in [0.2, 0.25) is 0 Å². The van der Waals surface area contributed by atoms with Gasteiger partial charge in [-0.3, -0.25) is 9.59 Å². The molecule has 1 N–H and O–H groups in total. The number of hydrogen-bond acceptors (Lipinski definition) is 2. The van der Waals surface area contributed by atoms with Crippen LogP contribution in [0.1, 0.15) is 10.4 Å². The number of carboxylic acid groups (broad SMARTS) is 1. The van der Waals surface area contributed by atoms with Crippen molar-refractivity contribution < 1.29 is 14.7 Å². The Labute approximate surface area is 114 Å². The predicted molar refractivity (Wildman–Crippen MR) is 70.2 cm³/mol. The second-order valence-corrected chi connectivity index (χ2v) is 4.34. The molecule has 1 rings (SSSR count). The molecular formula is C12H11Cl2NO3. The fraction of sp³-hybridized carbons (Fsp3) is 0.167. The molecule has 0 saturated carbocycles. The first-order chi connectivity index (χ1) is 8.45. The van der Waals surface area contributed by atoms with Gasteiger partial charge in [0.05, 0.1) is 10.6 Å². The van der Waals surface area contributed by atoms with Gasteiger partial charge in [0.25, 0.3) is 5.91 Å². The van der Waals surface area contributed by atoms with Crippen LogP contribution in [0.5, 0.6) is 0 Å². The SMILES string of the molecule is C=CCN(CC(=O)O)C(=O)c1ccc(Cl)cc1Cl. The fourth-order valence-corrected chi connectivity index (χ4v) is 1.86. The van der Waals surface area contributed by atoms with Crippen molar-refractivity contribution in [1.82, 2.24) is 4.90 Å². The lowest BCUT2D eigenvalue weighted by atomic mass is 10.2. The van der Waals surface area contributed by atoms with E-state index < -0.39 is 18.4 Å². The van der Waals surface area contributed by atoms with Crippen molar-refractivity contribution >= 4 is 35.1 Å². The van der Waals surface area contributed by atoms with Crippen molar-refractivity contribution in [2.24, 2.45) is 0 Å². The number of carbonyl (C=O) groups excluding carboxylic acids is 1. The normalized spacial score (nSPS) is 9.89. The second kappa shape index (κ2) is 6.42. The van der Waals surface area contributed by atoms with E-state index in [1.807, 2.05) is 0 Å². The molecule has 0 heterocycles. The first kappa shape index (κ1) is 14.5. The minimum atomic E-state index is -1.10. The Morgan fingerprint density at radius 1 is 1.39 bits per heavy atom. The maximum absolute atomic E-state index is 12.1. The van der Waals surface area contributed by atoms with E-state index in [2.05, 4.69) is 6.58 Å². The highest BCUT2D eigenvalue weighted by atomic mass is 35.5. The zero-order valence-electron chi connectivity index (χ0n) is 9.40. The number of hydrogen-bond donors (Lipinski definition) is 1. The van der Waals surface area contributed by atoms with Crippen LogP contribution in [0.25, 0.3) is 0 Å². The average Bonchev–Trinajstić information content (AvgIpc) is 2.27. The molecule has 4 nitrogen and oxygen atoms in total. The van der Waals surface area contributed by atoms with Crippen LogP contribution in [0.3, 0.4) is 0 Å². The average molecular weight is 288 g/mol. The van der Waals surface area contributed by atoms with Crippen molar-refractivity contribution in [2.45, 2.75) is 0 Å². The Balaban J connectivity index is 3.01.